The molecule has 0 aromatic heterocycles. The van der Waals surface area contributed by atoms with Gasteiger partial charge in [0.2, 0.25) is 0 Å². The molecule has 0 radical (unpaired) electrons. The second-order valence-electron chi connectivity index (χ2n) is 9.13. The summed E-state index contributed by atoms with van der Waals surface area (Å²) in [6, 6.07) is 18.2. The van der Waals surface area contributed by atoms with Crippen molar-refractivity contribution in [3.05, 3.63) is 93.1 Å². The van der Waals surface area contributed by atoms with E-state index in [1.807, 2.05) is 0 Å². The molecule has 174 valence electrons. The van der Waals surface area contributed by atoms with Gasteiger partial charge in [-0.25, -0.2) is 0 Å². The molecule has 0 fully saturated rings. The van der Waals surface area contributed by atoms with Crippen molar-refractivity contribution in [1.29, 1.82) is 0 Å². The Hall–Kier alpha value is -1.51. The Balaban J connectivity index is 0.00000193. The first-order valence-corrected chi connectivity index (χ1v) is 13.1. The van der Waals surface area contributed by atoms with Crippen molar-refractivity contribution >= 4 is 46.8 Å². The van der Waals surface area contributed by atoms with E-state index in [4.69, 9.17) is 0 Å². The Morgan fingerprint density at radius 3 is 2.06 bits per heavy atom. The molecule has 1 aliphatic carbocycles. The molecule has 4 heteroatoms. The van der Waals surface area contributed by atoms with Gasteiger partial charge in [-0.1, -0.05) is 0 Å². The zero-order chi connectivity index (χ0) is 22.3. The zero-order valence-corrected chi connectivity index (χ0v) is 23.9. The van der Waals surface area contributed by atoms with Gasteiger partial charge < -0.3 is 0 Å². The normalized spacial score (nSPS) is 15.4. The maximum Gasteiger partial charge on any atom is -0.147 e. The monoisotopic (exact) mass is 515 g/mol. The summed E-state index contributed by atoms with van der Waals surface area (Å²) < 4.78 is 5.01. The predicted octanol–water partition coefficient (Wildman–Crippen LogP) is 8.98. The van der Waals surface area contributed by atoms with Gasteiger partial charge in [-0.2, -0.15) is 0 Å². The van der Waals surface area contributed by atoms with Crippen LogP contribution in [0.15, 0.2) is 65.3 Å². The molecule has 1 N–H and O–H groups in total. The van der Waals surface area contributed by atoms with Gasteiger partial charge in [0.1, 0.15) is 0 Å². The van der Waals surface area contributed by atoms with Crippen LogP contribution in [0.4, 0.5) is 5.69 Å². The molecule has 33 heavy (non-hydrogen) atoms. The van der Waals surface area contributed by atoms with Crippen LogP contribution in [0.5, 0.6) is 0 Å². The molecule has 0 saturated carbocycles. The van der Waals surface area contributed by atoms with E-state index in [1.54, 1.807) is 0 Å². The van der Waals surface area contributed by atoms with Gasteiger partial charge in [0.05, 0.1) is 0 Å². The molecule has 1 nitrogen and oxygen atoms in total. The van der Waals surface area contributed by atoms with Crippen LogP contribution in [-0.2, 0) is 24.1 Å². The van der Waals surface area contributed by atoms with Crippen LogP contribution in [0.25, 0.3) is 16.3 Å². The van der Waals surface area contributed by atoms with Crippen LogP contribution in [0.1, 0.15) is 55.5 Å². The fraction of sp³-hybridized carbons (Fsp3) is 0.310. The number of aryl methyl sites for hydroxylation is 3. The first kappa shape index (κ1) is 27.7. The van der Waals surface area contributed by atoms with Crippen molar-refractivity contribution < 1.29 is 19.4 Å². The van der Waals surface area contributed by atoms with Gasteiger partial charge in [-0.05, 0) is 0 Å². The van der Waals surface area contributed by atoms with Crippen LogP contribution in [0.3, 0.4) is 0 Å². The molecule has 0 bridgehead atoms. The minimum Gasteiger partial charge on any atom is -0.147 e. The third kappa shape index (κ3) is 5.28. The van der Waals surface area contributed by atoms with E-state index < -0.39 is 0 Å². The maximum atomic E-state index is 3.88. The van der Waals surface area contributed by atoms with Crippen molar-refractivity contribution in [1.82, 2.24) is 0 Å². The summed E-state index contributed by atoms with van der Waals surface area (Å²) in [5.74, 6) is 0.495. The predicted molar refractivity (Wildman–Crippen MR) is 147 cm³/mol. The van der Waals surface area contributed by atoms with Gasteiger partial charge in [0, 0.05) is 0 Å². The molecule has 3 aromatic rings. The van der Waals surface area contributed by atoms with Crippen LogP contribution in [-0.4, -0.2) is 0 Å². The number of anilines is 1. The average molecular weight is 516 g/mol. The molecule has 0 spiro atoms. The molecule has 1 aliphatic rings. The molecule has 0 saturated heterocycles. The summed E-state index contributed by atoms with van der Waals surface area (Å²) in [5, 5.41) is 2.76. The molecule has 0 heterocycles. The SMILES string of the molecule is CC1=C(C)C(C)C(c2ccc3ccccc3c2[CH2][Ti][NH]c2c(C)cc(C)cc2C)=C1C.Cl.Cl. The Labute approximate surface area is 221 Å². The van der Waals surface area contributed by atoms with Gasteiger partial charge in [0.25, 0.3) is 0 Å². The number of nitrogens with one attached hydrogen (secondary N) is 1. The van der Waals surface area contributed by atoms with E-state index in [9.17, 15) is 0 Å². The number of halogens is 2. The van der Waals surface area contributed by atoms with E-state index in [1.165, 1.54) is 66.6 Å². The van der Waals surface area contributed by atoms with E-state index in [0.717, 1.165) is 4.73 Å². The van der Waals surface area contributed by atoms with Gasteiger partial charge >= 0.3 is 197 Å². The Kier molecular flexibility index (Phi) is 9.48. The number of fused-ring (bicyclic) bond motifs is 1. The van der Waals surface area contributed by atoms with Crippen molar-refractivity contribution in [2.75, 3.05) is 3.80 Å². The second-order valence-corrected chi connectivity index (χ2v) is 10.6. The topological polar surface area (TPSA) is 12.0 Å². The molecule has 4 rings (SSSR count). The van der Waals surface area contributed by atoms with Crippen LogP contribution in [0, 0.1) is 26.7 Å². The van der Waals surface area contributed by atoms with Crippen LogP contribution >= 0.6 is 24.8 Å². The Morgan fingerprint density at radius 2 is 1.45 bits per heavy atom. The number of benzene rings is 3. The molecular formula is C29H35Cl2NTi. The molecule has 3 aromatic carbocycles. The molecule has 1 unspecified atom stereocenters. The van der Waals surface area contributed by atoms with Gasteiger partial charge in [-0.3, -0.25) is 0 Å². The third-order valence-corrected chi connectivity index (χ3v) is 8.62. The first-order valence-electron chi connectivity index (χ1n) is 11.3. The molecular weight excluding hydrogens is 481 g/mol. The third-order valence-electron chi connectivity index (χ3n) is 7.13. The minimum atomic E-state index is -0.378. The summed E-state index contributed by atoms with van der Waals surface area (Å²) in [5.41, 5.74) is 14.4. The van der Waals surface area contributed by atoms with E-state index in [-0.39, 0.29) is 44.2 Å². The molecule has 1 atom stereocenters. The second kappa shape index (κ2) is 11.3. The number of allylic oxidation sites excluding steroid dienone is 4. The smallest absolute Gasteiger partial charge is 0.147 e. The van der Waals surface area contributed by atoms with Crippen molar-refractivity contribution in [3.8, 4) is 0 Å². The van der Waals surface area contributed by atoms with Crippen LogP contribution < -0.4 is 3.80 Å². The first-order chi connectivity index (χ1) is 14.8. The van der Waals surface area contributed by atoms with Crippen molar-refractivity contribution in [3.63, 3.8) is 0 Å². The fourth-order valence-corrected chi connectivity index (χ4v) is 7.08. The van der Waals surface area contributed by atoms with E-state index >= 15 is 0 Å². The van der Waals surface area contributed by atoms with Crippen molar-refractivity contribution in [2.45, 2.75) is 53.2 Å². The standard InChI is InChI=1S/C20H21.C9H12N.2ClH.Ti/c1-12-13(2)15(4)20(14(12)3)19-11-10-17-8-6-7-9-18(17)16(19)5;1-6-4-7(2)9(10)8(3)5-6;;;/h6-11,14H,5H2,1-4H3;4-5,10H,1-3H3;2*1H;/q;-1;;;+1. The Morgan fingerprint density at radius 1 is 0.818 bits per heavy atom. The molecule has 0 aliphatic heterocycles. The van der Waals surface area contributed by atoms with E-state index in [0.29, 0.717) is 5.92 Å². The zero-order valence-electron chi connectivity index (χ0n) is 20.7. The number of rotatable bonds is 5. The quantitative estimate of drug-likeness (QED) is 0.334. The average Bonchev–Trinajstić information content (AvgIpc) is 2.92. The molecule has 0 amide bonds. The fourth-order valence-electron chi connectivity index (χ4n) is 5.18. The number of hydrogen-bond acceptors (Lipinski definition) is 1. The summed E-state index contributed by atoms with van der Waals surface area (Å²) in [4.78, 5) is 0. The van der Waals surface area contributed by atoms with Crippen LogP contribution in [0.2, 0.25) is 0 Å². The summed E-state index contributed by atoms with van der Waals surface area (Å²) in [7, 11) is 0. The summed E-state index contributed by atoms with van der Waals surface area (Å²) in [6.07, 6.45) is 0. The van der Waals surface area contributed by atoms with Crippen molar-refractivity contribution in [2.24, 2.45) is 5.92 Å². The van der Waals surface area contributed by atoms with Gasteiger partial charge in [-0.15, -0.1) is 24.8 Å². The Bertz CT molecular complexity index is 1220. The summed E-state index contributed by atoms with van der Waals surface area (Å²) in [6.45, 7) is 15.9. The maximum absolute atomic E-state index is 3.88. The summed E-state index contributed by atoms with van der Waals surface area (Å²) >= 11 is -0.378. The van der Waals surface area contributed by atoms with E-state index in [2.05, 4.69) is 101 Å². The largest absolute Gasteiger partial charge is 0.147 e. The van der Waals surface area contributed by atoms with Gasteiger partial charge in [0.15, 0.2) is 0 Å². The number of hydrogen-bond donors (Lipinski definition) is 1. The minimum absolute atomic E-state index is 0.